The lowest BCUT2D eigenvalue weighted by atomic mass is 10.3. The number of sulfonamides is 1. The molecule has 1 aliphatic carbocycles. The van der Waals surface area contributed by atoms with Gasteiger partial charge in [-0.3, -0.25) is 9.47 Å². The van der Waals surface area contributed by atoms with Gasteiger partial charge >= 0.3 is 0 Å². The van der Waals surface area contributed by atoms with Crippen molar-refractivity contribution >= 4 is 44.7 Å². The Morgan fingerprint density at radius 3 is 2.70 bits per heavy atom. The lowest BCUT2D eigenvalue weighted by Gasteiger charge is -2.22. The Bertz CT molecular complexity index is 1110. The predicted molar refractivity (Wildman–Crippen MR) is 109 cm³/mol. The summed E-state index contributed by atoms with van der Waals surface area (Å²) in [6, 6.07) is 9.62. The highest BCUT2D eigenvalue weighted by molar-refractivity contribution is 7.89. The van der Waals surface area contributed by atoms with Crippen LogP contribution in [-0.4, -0.2) is 42.3 Å². The van der Waals surface area contributed by atoms with Gasteiger partial charge < -0.3 is 4.42 Å². The number of fused-ring (bicyclic) bond motifs is 1. The molecule has 1 fully saturated rings. The molecule has 144 valence electrons. The third-order valence-electron chi connectivity index (χ3n) is 4.74. The molecule has 0 amide bonds. The van der Waals surface area contributed by atoms with E-state index in [1.165, 1.54) is 36.1 Å². The Morgan fingerprint density at radius 2 is 2.07 bits per heavy atom. The molecular formula is C18H21N3O3S3. The lowest BCUT2D eigenvalue weighted by molar-refractivity contribution is 0.199. The van der Waals surface area contributed by atoms with Gasteiger partial charge in [-0.2, -0.15) is 0 Å². The van der Waals surface area contributed by atoms with Crippen LogP contribution in [0.1, 0.15) is 17.7 Å². The summed E-state index contributed by atoms with van der Waals surface area (Å²) in [6.07, 6.45) is 2.35. The first kappa shape index (κ1) is 18.8. The van der Waals surface area contributed by atoms with E-state index in [0.717, 1.165) is 6.54 Å². The summed E-state index contributed by atoms with van der Waals surface area (Å²) in [5, 5.41) is 2.08. The van der Waals surface area contributed by atoms with E-state index < -0.39 is 10.0 Å². The number of hydrogen-bond donors (Lipinski definition) is 0. The molecular weight excluding hydrogens is 402 g/mol. The van der Waals surface area contributed by atoms with Crippen LogP contribution in [0.3, 0.4) is 0 Å². The highest BCUT2D eigenvalue weighted by Gasteiger charge is 2.30. The van der Waals surface area contributed by atoms with E-state index >= 15 is 0 Å². The van der Waals surface area contributed by atoms with E-state index in [1.807, 2.05) is 4.57 Å². The maximum Gasteiger partial charge on any atom is 0.270 e. The Labute approximate surface area is 167 Å². The van der Waals surface area contributed by atoms with Crippen molar-refractivity contribution in [3.8, 4) is 0 Å². The predicted octanol–water partition coefficient (Wildman–Crippen LogP) is 3.90. The first-order valence-electron chi connectivity index (χ1n) is 8.68. The molecule has 0 radical (unpaired) electrons. The SMILES string of the molecule is CN(C)S(=O)(=O)c1ccc2oc(=S)n(CN(Cc3cccs3)C3CC3)c2c1. The maximum absolute atomic E-state index is 12.5. The zero-order chi connectivity index (χ0) is 19.2. The summed E-state index contributed by atoms with van der Waals surface area (Å²) in [5.74, 6) is 0. The Kier molecular flexibility index (Phi) is 4.98. The molecule has 0 spiro atoms. The summed E-state index contributed by atoms with van der Waals surface area (Å²) < 4.78 is 33.8. The highest BCUT2D eigenvalue weighted by atomic mass is 32.2. The fourth-order valence-corrected chi connectivity index (χ4v) is 4.96. The van der Waals surface area contributed by atoms with E-state index in [-0.39, 0.29) is 4.90 Å². The molecule has 27 heavy (non-hydrogen) atoms. The van der Waals surface area contributed by atoms with Crippen LogP contribution in [-0.2, 0) is 23.2 Å². The van der Waals surface area contributed by atoms with Gasteiger partial charge in [0.2, 0.25) is 10.0 Å². The fraction of sp³-hybridized carbons (Fsp3) is 0.389. The third kappa shape index (κ3) is 3.74. The van der Waals surface area contributed by atoms with Gasteiger partial charge in [-0.25, -0.2) is 12.7 Å². The van der Waals surface area contributed by atoms with Crippen molar-refractivity contribution in [3.05, 3.63) is 45.4 Å². The van der Waals surface area contributed by atoms with Crippen molar-refractivity contribution in [2.45, 2.75) is 37.0 Å². The Hall–Kier alpha value is -1.52. The molecule has 0 N–H and O–H groups in total. The second kappa shape index (κ2) is 7.14. The van der Waals surface area contributed by atoms with Gasteiger partial charge in [0.15, 0.2) is 5.58 Å². The molecule has 3 aromatic rings. The minimum absolute atomic E-state index is 0.237. The molecule has 0 bridgehead atoms. The average Bonchev–Trinajstić information content (AvgIpc) is 3.26. The molecule has 2 heterocycles. The first-order chi connectivity index (χ1) is 12.9. The summed E-state index contributed by atoms with van der Waals surface area (Å²) in [4.78, 5) is 4.28. The minimum Gasteiger partial charge on any atom is -0.429 e. The van der Waals surface area contributed by atoms with E-state index in [2.05, 4.69) is 22.4 Å². The Morgan fingerprint density at radius 1 is 1.30 bits per heavy atom. The molecule has 2 aromatic heterocycles. The number of aromatic nitrogens is 1. The molecule has 0 saturated heterocycles. The normalized spacial score (nSPS) is 15.3. The van der Waals surface area contributed by atoms with Gasteiger partial charge in [-0.05, 0) is 54.7 Å². The number of thiophene rings is 1. The van der Waals surface area contributed by atoms with Crippen LogP contribution >= 0.6 is 23.6 Å². The summed E-state index contributed by atoms with van der Waals surface area (Å²) >= 11 is 7.17. The van der Waals surface area contributed by atoms with E-state index in [0.29, 0.717) is 28.6 Å². The number of rotatable bonds is 7. The molecule has 0 atom stereocenters. The molecule has 0 unspecified atom stereocenters. The number of benzene rings is 1. The first-order valence-corrected chi connectivity index (χ1v) is 11.4. The number of nitrogens with zero attached hydrogens (tertiary/aromatic N) is 3. The highest BCUT2D eigenvalue weighted by Crippen LogP contribution is 2.31. The zero-order valence-electron chi connectivity index (χ0n) is 15.2. The van der Waals surface area contributed by atoms with Gasteiger partial charge in [0.25, 0.3) is 4.84 Å². The van der Waals surface area contributed by atoms with Gasteiger partial charge in [0.1, 0.15) is 0 Å². The Balaban J connectivity index is 1.72. The van der Waals surface area contributed by atoms with Gasteiger partial charge in [-0.1, -0.05) is 6.07 Å². The largest absolute Gasteiger partial charge is 0.429 e. The summed E-state index contributed by atoms with van der Waals surface area (Å²) in [6.45, 7) is 1.44. The van der Waals surface area contributed by atoms with Crippen LogP contribution in [0, 0.1) is 4.84 Å². The van der Waals surface area contributed by atoms with E-state index in [1.54, 1.807) is 29.5 Å². The van der Waals surface area contributed by atoms with E-state index in [9.17, 15) is 8.42 Å². The molecule has 1 aromatic carbocycles. The summed E-state index contributed by atoms with van der Waals surface area (Å²) in [5.41, 5.74) is 1.31. The van der Waals surface area contributed by atoms with Crippen LogP contribution in [0.15, 0.2) is 45.0 Å². The molecule has 9 heteroatoms. The van der Waals surface area contributed by atoms with Crippen LogP contribution in [0.2, 0.25) is 0 Å². The molecule has 0 aliphatic heterocycles. The molecule has 6 nitrogen and oxygen atoms in total. The maximum atomic E-state index is 12.5. The fourth-order valence-electron chi connectivity index (χ4n) is 3.07. The second-order valence-corrected chi connectivity index (χ2v) is 10.4. The summed E-state index contributed by atoms with van der Waals surface area (Å²) in [7, 11) is -0.467. The molecule has 1 aliphatic rings. The van der Waals surface area contributed by atoms with Crippen molar-refractivity contribution in [2.24, 2.45) is 0 Å². The number of hydrogen-bond acceptors (Lipinski definition) is 6. The van der Waals surface area contributed by atoms with Crippen molar-refractivity contribution in [1.29, 1.82) is 0 Å². The smallest absolute Gasteiger partial charge is 0.270 e. The van der Waals surface area contributed by atoms with E-state index in [4.69, 9.17) is 16.6 Å². The van der Waals surface area contributed by atoms with Crippen LogP contribution in [0.25, 0.3) is 11.1 Å². The quantitative estimate of drug-likeness (QED) is 0.540. The second-order valence-electron chi connectivity index (χ2n) is 6.91. The topological polar surface area (TPSA) is 58.7 Å². The minimum atomic E-state index is -3.52. The zero-order valence-corrected chi connectivity index (χ0v) is 17.6. The third-order valence-corrected chi connectivity index (χ3v) is 7.72. The molecule has 4 rings (SSSR count). The molecule has 1 saturated carbocycles. The standard InChI is InChI=1S/C18H21N3O3S3/c1-19(2)27(22,23)15-7-8-17-16(10-15)21(18(25)24-17)12-20(13-5-6-13)11-14-4-3-9-26-14/h3-4,7-10,13H,5-6,11-12H2,1-2H3. The van der Waals surface area contributed by atoms with Crippen LogP contribution in [0.5, 0.6) is 0 Å². The van der Waals surface area contributed by atoms with Crippen molar-refractivity contribution < 1.29 is 12.8 Å². The van der Waals surface area contributed by atoms with Crippen molar-refractivity contribution in [2.75, 3.05) is 14.1 Å². The average molecular weight is 424 g/mol. The van der Waals surface area contributed by atoms with Gasteiger partial charge in [-0.15, -0.1) is 11.3 Å². The van der Waals surface area contributed by atoms with Gasteiger partial charge in [0.05, 0.1) is 17.1 Å². The monoisotopic (exact) mass is 423 g/mol. The van der Waals surface area contributed by atoms with Crippen molar-refractivity contribution in [1.82, 2.24) is 13.8 Å². The van der Waals surface area contributed by atoms with Crippen molar-refractivity contribution in [3.63, 3.8) is 0 Å². The van der Waals surface area contributed by atoms with Gasteiger partial charge in [0, 0.05) is 31.6 Å². The van der Waals surface area contributed by atoms with Crippen LogP contribution < -0.4 is 0 Å². The van der Waals surface area contributed by atoms with Crippen LogP contribution in [0.4, 0.5) is 0 Å². The lowest BCUT2D eigenvalue weighted by Crippen LogP contribution is -2.28. The number of oxazole rings is 1.